The van der Waals surface area contributed by atoms with E-state index in [0.29, 0.717) is 44.9 Å². The van der Waals surface area contributed by atoms with E-state index in [1.54, 1.807) is 31.4 Å². The van der Waals surface area contributed by atoms with E-state index in [1.807, 2.05) is 0 Å². The number of rotatable bonds is 8. The highest BCUT2D eigenvalue weighted by molar-refractivity contribution is 9.10. The molecule has 0 spiro atoms. The van der Waals surface area contributed by atoms with Crippen LogP contribution in [0, 0.1) is 5.82 Å². The highest BCUT2D eigenvalue weighted by Gasteiger charge is 2.17. The van der Waals surface area contributed by atoms with Crippen molar-refractivity contribution in [1.82, 2.24) is 14.9 Å². The summed E-state index contributed by atoms with van der Waals surface area (Å²) in [6, 6.07) is 8.25. The monoisotopic (exact) mass is 504 g/mol. The molecule has 1 unspecified atom stereocenters. The first-order chi connectivity index (χ1) is 15.5. The first-order valence-electron chi connectivity index (χ1n) is 10.6. The van der Waals surface area contributed by atoms with Gasteiger partial charge in [-0.25, -0.2) is 14.4 Å². The lowest BCUT2D eigenvalue weighted by molar-refractivity contribution is 0.0609. The number of aromatic nitrogens is 2. The van der Waals surface area contributed by atoms with E-state index >= 15 is 0 Å². The first kappa shape index (κ1) is 22.7. The van der Waals surface area contributed by atoms with Crippen LogP contribution in [0.5, 0.6) is 11.5 Å². The fourth-order valence-corrected chi connectivity index (χ4v) is 4.17. The van der Waals surface area contributed by atoms with Gasteiger partial charge in [0, 0.05) is 22.5 Å². The van der Waals surface area contributed by atoms with Gasteiger partial charge in [-0.15, -0.1) is 0 Å². The third-order valence-corrected chi connectivity index (χ3v) is 5.95. The standard InChI is InChI=1S/C23H26BrFN4O3/c1-31-21-10-17-20(11-22(21)32-13-16(30)12-29-7-3-2-4-8-29)26-14-27-23(17)28-19-6-5-15(24)9-18(19)25/h5-6,9-11,14,16,30H,2-4,7-8,12-13H2,1H3,(H,26,27,28). The molecular weight excluding hydrogens is 479 g/mol. The van der Waals surface area contributed by atoms with Crippen molar-refractivity contribution in [1.29, 1.82) is 0 Å². The van der Waals surface area contributed by atoms with Crippen molar-refractivity contribution in [3.05, 3.63) is 46.9 Å². The number of nitrogens with zero attached hydrogens (tertiary/aromatic N) is 3. The molecule has 3 aromatic rings. The fraction of sp³-hybridized carbons (Fsp3) is 0.391. The SMILES string of the molecule is COc1cc2c(Nc3ccc(Br)cc3F)ncnc2cc1OCC(O)CN1CCCCC1. The Balaban J connectivity index is 1.52. The lowest BCUT2D eigenvalue weighted by Crippen LogP contribution is -2.38. The Kier molecular flexibility index (Phi) is 7.39. The molecule has 9 heteroatoms. The number of nitrogens with one attached hydrogen (secondary N) is 1. The predicted molar refractivity (Wildman–Crippen MR) is 125 cm³/mol. The Morgan fingerprint density at radius 3 is 2.72 bits per heavy atom. The third kappa shape index (κ3) is 5.46. The van der Waals surface area contributed by atoms with Crippen LogP contribution < -0.4 is 14.8 Å². The summed E-state index contributed by atoms with van der Waals surface area (Å²) in [5.74, 6) is 1.01. The minimum Gasteiger partial charge on any atom is -0.493 e. The number of β-amino-alcohol motifs (C(OH)–C–C–N with tert-alkyl or cyclic N) is 1. The van der Waals surface area contributed by atoms with Gasteiger partial charge in [0.2, 0.25) is 0 Å². The van der Waals surface area contributed by atoms with Crippen molar-refractivity contribution in [2.75, 3.05) is 38.7 Å². The van der Waals surface area contributed by atoms with Crippen LogP contribution in [0.25, 0.3) is 10.9 Å². The molecule has 0 saturated carbocycles. The number of hydrogen-bond acceptors (Lipinski definition) is 7. The quantitative estimate of drug-likeness (QED) is 0.467. The zero-order valence-corrected chi connectivity index (χ0v) is 19.4. The lowest BCUT2D eigenvalue weighted by Gasteiger charge is -2.28. The molecule has 7 nitrogen and oxygen atoms in total. The number of fused-ring (bicyclic) bond motifs is 1. The van der Waals surface area contributed by atoms with Crippen LogP contribution in [0.4, 0.5) is 15.9 Å². The number of piperidine rings is 1. The smallest absolute Gasteiger partial charge is 0.163 e. The highest BCUT2D eigenvalue weighted by Crippen LogP contribution is 2.35. The summed E-state index contributed by atoms with van der Waals surface area (Å²) in [6.45, 7) is 2.77. The average Bonchev–Trinajstić information content (AvgIpc) is 2.79. The van der Waals surface area contributed by atoms with Gasteiger partial charge in [-0.2, -0.15) is 0 Å². The van der Waals surface area contributed by atoms with Gasteiger partial charge < -0.3 is 24.8 Å². The Bertz CT molecular complexity index is 1080. The Labute approximate surface area is 194 Å². The Morgan fingerprint density at radius 2 is 1.97 bits per heavy atom. The van der Waals surface area contributed by atoms with E-state index < -0.39 is 11.9 Å². The first-order valence-corrected chi connectivity index (χ1v) is 11.4. The van der Waals surface area contributed by atoms with Crippen molar-refractivity contribution in [3.8, 4) is 11.5 Å². The van der Waals surface area contributed by atoms with Crippen molar-refractivity contribution in [3.63, 3.8) is 0 Å². The molecule has 0 aliphatic carbocycles. The maximum Gasteiger partial charge on any atom is 0.163 e. The number of ether oxygens (including phenoxy) is 2. The summed E-state index contributed by atoms with van der Waals surface area (Å²) >= 11 is 3.26. The van der Waals surface area contributed by atoms with Crippen molar-refractivity contribution in [2.24, 2.45) is 0 Å². The number of halogens is 2. The minimum absolute atomic E-state index is 0.151. The molecular formula is C23H26BrFN4O3. The molecule has 0 bridgehead atoms. The molecule has 1 fully saturated rings. The van der Waals surface area contributed by atoms with Gasteiger partial charge in [-0.05, 0) is 50.2 Å². The molecule has 0 radical (unpaired) electrons. The van der Waals surface area contributed by atoms with E-state index in [9.17, 15) is 9.50 Å². The number of aliphatic hydroxyl groups is 1. The largest absolute Gasteiger partial charge is 0.493 e. The number of anilines is 2. The molecule has 4 rings (SSSR count). The van der Waals surface area contributed by atoms with Crippen molar-refractivity contribution < 1.29 is 19.0 Å². The van der Waals surface area contributed by atoms with Crippen LogP contribution in [-0.4, -0.2) is 59.4 Å². The minimum atomic E-state index is -0.600. The molecule has 1 saturated heterocycles. The fourth-order valence-electron chi connectivity index (χ4n) is 3.83. The number of benzene rings is 2. The van der Waals surface area contributed by atoms with Gasteiger partial charge in [-0.1, -0.05) is 22.4 Å². The van der Waals surface area contributed by atoms with Crippen molar-refractivity contribution in [2.45, 2.75) is 25.4 Å². The molecule has 0 amide bonds. The van der Waals surface area contributed by atoms with Gasteiger partial charge in [0.05, 0.1) is 18.3 Å². The van der Waals surface area contributed by atoms with Crippen LogP contribution in [0.15, 0.2) is 41.1 Å². The Hall–Kier alpha value is -2.49. The molecule has 2 N–H and O–H groups in total. The molecule has 1 aromatic heterocycles. The third-order valence-electron chi connectivity index (χ3n) is 5.45. The van der Waals surface area contributed by atoms with E-state index in [0.717, 1.165) is 13.1 Å². The summed E-state index contributed by atoms with van der Waals surface area (Å²) in [6.07, 6.45) is 4.41. The predicted octanol–water partition coefficient (Wildman–Crippen LogP) is 4.51. The van der Waals surface area contributed by atoms with E-state index in [2.05, 4.69) is 36.1 Å². The normalized spacial score (nSPS) is 15.5. The Morgan fingerprint density at radius 1 is 1.16 bits per heavy atom. The van der Waals surface area contributed by atoms with Crippen LogP contribution in [-0.2, 0) is 0 Å². The van der Waals surface area contributed by atoms with Gasteiger partial charge >= 0.3 is 0 Å². The average molecular weight is 505 g/mol. The van der Waals surface area contributed by atoms with Gasteiger partial charge in [-0.3, -0.25) is 0 Å². The molecule has 1 aliphatic heterocycles. The highest BCUT2D eigenvalue weighted by atomic mass is 79.9. The van der Waals surface area contributed by atoms with Crippen LogP contribution in [0.3, 0.4) is 0 Å². The zero-order valence-electron chi connectivity index (χ0n) is 17.9. The van der Waals surface area contributed by atoms with E-state index in [4.69, 9.17) is 9.47 Å². The van der Waals surface area contributed by atoms with Crippen molar-refractivity contribution >= 4 is 38.3 Å². The number of aliphatic hydroxyl groups excluding tert-OH is 1. The summed E-state index contributed by atoms with van der Waals surface area (Å²) < 4.78 is 26.3. The van der Waals surface area contributed by atoms with Gasteiger partial charge in [0.15, 0.2) is 11.5 Å². The lowest BCUT2D eigenvalue weighted by atomic mass is 10.1. The summed E-state index contributed by atoms with van der Waals surface area (Å²) in [4.78, 5) is 10.9. The number of likely N-dealkylation sites (tertiary alicyclic amines) is 1. The number of hydrogen-bond donors (Lipinski definition) is 2. The number of methoxy groups -OCH3 is 1. The molecule has 1 aliphatic rings. The molecule has 2 aromatic carbocycles. The summed E-state index contributed by atoms with van der Waals surface area (Å²) in [7, 11) is 1.55. The van der Waals surface area contributed by atoms with Crippen LogP contribution >= 0.6 is 15.9 Å². The van der Waals surface area contributed by atoms with E-state index in [-0.39, 0.29) is 6.61 Å². The second kappa shape index (κ2) is 10.4. The summed E-state index contributed by atoms with van der Waals surface area (Å²) in [5, 5.41) is 14.1. The maximum absolute atomic E-state index is 14.3. The molecule has 170 valence electrons. The topological polar surface area (TPSA) is 79.7 Å². The molecule has 1 atom stereocenters. The van der Waals surface area contributed by atoms with Crippen LogP contribution in [0.1, 0.15) is 19.3 Å². The maximum atomic E-state index is 14.3. The van der Waals surface area contributed by atoms with Gasteiger partial charge in [0.1, 0.15) is 30.7 Å². The van der Waals surface area contributed by atoms with Crippen LogP contribution in [0.2, 0.25) is 0 Å². The molecule has 32 heavy (non-hydrogen) atoms. The molecule has 2 heterocycles. The van der Waals surface area contributed by atoms with Gasteiger partial charge in [0.25, 0.3) is 0 Å². The zero-order chi connectivity index (χ0) is 22.5. The second-order valence-corrected chi connectivity index (χ2v) is 8.73. The second-order valence-electron chi connectivity index (χ2n) is 7.82. The van der Waals surface area contributed by atoms with E-state index in [1.165, 1.54) is 31.7 Å². The summed E-state index contributed by atoms with van der Waals surface area (Å²) in [5.41, 5.74) is 0.912.